The van der Waals surface area contributed by atoms with E-state index in [1.807, 2.05) is 4.90 Å². The molecule has 3 aliphatic heterocycles. The van der Waals surface area contributed by atoms with Crippen molar-refractivity contribution in [2.24, 2.45) is 17.1 Å². The minimum Gasteiger partial charge on any atom is -0.392 e. The molecule has 2 atom stereocenters. The molecule has 0 saturated carbocycles. The summed E-state index contributed by atoms with van der Waals surface area (Å²) in [6, 6.07) is -0.0483. The number of piperidine rings is 1. The van der Waals surface area contributed by atoms with E-state index in [1.54, 1.807) is 0 Å². The zero-order valence-corrected chi connectivity index (χ0v) is 12.8. The number of nitrogens with two attached hydrogens (primary N) is 1. The van der Waals surface area contributed by atoms with Gasteiger partial charge in [0.05, 0.1) is 16.9 Å². The van der Waals surface area contributed by atoms with Gasteiger partial charge in [-0.25, -0.2) is 0 Å². The Morgan fingerprint density at radius 3 is 2.81 bits per heavy atom. The number of carbonyl (C=O) groups excluding carboxylic acids is 2. The Hall–Kier alpha value is -1.21. The van der Waals surface area contributed by atoms with Crippen molar-refractivity contribution >= 4 is 29.0 Å². The second-order valence-corrected chi connectivity index (χ2v) is 6.56. The summed E-state index contributed by atoms with van der Waals surface area (Å²) in [4.78, 5) is 27.1. The number of nitrogens with one attached hydrogen (secondary N) is 1. The number of hydrogen-bond acceptors (Lipinski definition) is 4. The van der Waals surface area contributed by atoms with Gasteiger partial charge in [-0.2, -0.15) is 0 Å². The lowest BCUT2D eigenvalue weighted by Crippen LogP contribution is -2.58. The average molecular weight is 311 g/mol. The number of likely N-dealkylation sites (tertiary alicyclic amines) is 1. The van der Waals surface area contributed by atoms with Crippen LogP contribution in [0.5, 0.6) is 0 Å². The molecule has 0 spiro atoms. The zero-order valence-electron chi connectivity index (χ0n) is 12.0. The van der Waals surface area contributed by atoms with Gasteiger partial charge in [-0.05, 0) is 25.7 Å². The van der Waals surface area contributed by atoms with E-state index in [0.29, 0.717) is 39.1 Å². The molecule has 21 heavy (non-hydrogen) atoms. The third-order valence-corrected chi connectivity index (χ3v) is 5.48. The molecule has 0 aromatic rings. The van der Waals surface area contributed by atoms with E-state index in [1.165, 1.54) is 0 Å². The van der Waals surface area contributed by atoms with Crippen molar-refractivity contribution in [2.45, 2.75) is 31.7 Å². The predicted octanol–water partition coefficient (Wildman–Crippen LogP) is -0.194. The van der Waals surface area contributed by atoms with Crippen LogP contribution in [0.4, 0.5) is 0 Å². The highest BCUT2D eigenvalue weighted by atomic mass is 32.1. The molecular formula is C14H21N3O3S. The molecule has 7 heteroatoms. The van der Waals surface area contributed by atoms with E-state index in [9.17, 15) is 9.59 Å². The Kier molecular flexibility index (Phi) is 3.88. The van der Waals surface area contributed by atoms with Crippen LogP contribution in [-0.2, 0) is 14.3 Å². The first-order chi connectivity index (χ1) is 10.1. The SMILES string of the molecule is NC(=S)C1(C(=O)N2CCCC3C(=O)NCC32)CCOCC1. The standard InChI is InChI=1S/C14H21N3O3S/c15-12(21)14(3-6-20-7-4-14)13(19)17-5-1-2-9-10(17)8-16-11(9)18/h9-10H,1-8H2,(H2,15,21)(H,16,18). The summed E-state index contributed by atoms with van der Waals surface area (Å²) in [5.41, 5.74) is 5.13. The summed E-state index contributed by atoms with van der Waals surface area (Å²) in [5, 5.41) is 2.87. The number of thiocarbonyl (C=S) groups is 1. The summed E-state index contributed by atoms with van der Waals surface area (Å²) in [5.74, 6) is -0.0238. The molecule has 6 nitrogen and oxygen atoms in total. The summed E-state index contributed by atoms with van der Waals surface area (Å²) >= 11 is 5.21. The third kappa shape index (κ3) is 2.32. The monoisotopic (exact) mass is 311 g/mol. The van der Waals surface area contributed by atoms with Gasteiger partial charge in [0.25, 0.3) is 0 Å². The Bertz CT molecular complexity index is 476. The minimum absolute atomic E-state index is 0.00972. The lowest BCUT2D eigenvalue weighted by atomic mass is 9.77. The van der Waals surface area contributed by atoms with E-state index in [0.717, 1.165) is 12.8 Å². The first-order valence-corrected chi connectivity index (χ1v) is 7.93. The quantitative estimate of drug-likeness (QED) is 0.690. The second-order valence-electron chi connectivity index (χ2n) is 6.12. The van der Waals surface area contributed by atoms with Crippen molar-refractivity contribution < 1.29 is 14.3 Å². The first-order valence-electron chi connectivity index (χ1n) is 7.53. The van der Waals surface area contributed by atoms with Crippen molar-refractivity contribution in [1.82, 2.24) is 10.2 Å². The molecule has 0 aliphatic carbocycles. The van der Waals surface area contributed by atoms with E-state index >= 15 is 0 Å². The number of amides is 2. The molecule has 0 radical (unpaired) electrons. The molecule has 3 fully saturated rings. The van der Waals surface area contributed by atoms with Crippen LogP contribution < -0.4 is 11.1 Å². The van der Waals surface area contributed by atoms with Crippen LogP contribution in [0.15, 0.2) is 0 Å². The number of hydrogen-bond donors (Lipinski definition) is 2. The van der Waals surface area contributed by atoms with Gasteiger partial charge in [0.1, 0.15) is 5.41 Å². The summed E-state index contributed by atoms with van der Waals surface area (Å²) in [7, 11) is 0. The summed E-state index contributed by atoms with van der Waals surface area (Å²) in [6.07, 6.45) is 2.78. The normalized spacial score (nSPS) is 31.4. The highest BCUT2D eigenvalue weighted by molar-refractivity contribution is 7.80. The second kappa shape index (κ2) is 5.53. The van der Waals surface area contributed by atoms with Crippen LogP contribution in [0, 0.1) is 11.3 Å². The molecule has 3 aliphatic rings. The number of fused-ring (bicyclic) bond motifs is 1. The lowest BCUT2D eigenvalue weighted by Gasteiger charge is -2.43. The fourth-order valence-corrected chi connectivity index (χ4v) is 4.06. The van der Waals surface area contributed by atoms with Crippen molar-refractivity contribution in [3.05, 3.63) is 0 Å². The molecule has 3 saturated heterocycles. The van der Waals surface area contributed by atoms with Crippen molar-refractivity contribution in [2.75, 3.05) is 26.3 Å². The number of nitrogens with zero attached hydrogens (tertiary/aromatic N) is 1. The molecule has 3 N–H and O–H groups in total. The lowest BCUT2D eigenvalue weighted by molar-refractivity contribution is -0.147. The number of rotatable bonds is 2. The molecule has 3 rings (SSSR count). The van der Waals surface area contributed by atoms with Gasteiger partial charge in [0.15, 0.2) is 0 Å². The maximum absolute atomic E-state index is 13.1. The molecule has 2 amide bonds. The Morgan fingerprint density at radius 1 is 1.43 bits per heavy atom. The smallest absolute Gasteiger partial charge is 0.236 e. The van der Waals surface area contributed by atoms with Gasteiger partial charge >= 0.3 is 0 Å². The topological polar surface area (TPSA) is 84.7 Å². The molecule has 116 valence electrons. The largest absolute Gasteiger partial charge is 0.392 e. The fourth-order valence-electron chi connectivity index (χ4n) is 3.76. The summed E-state index contributed by atoms with van der Waals surface area (Å²) in [6.45, 7) is 2.23. The van der Waals surface area contributed by atoms with Gasteiger partial charge in [-0.1, -0.05) is 12.2 Å². The highest BCUT2D eigenvalue weighted by Gasteiger charge is 2.50. The summed E-state index contributed by atoms with van der Waals surface area (Å²) < 4.78 is 5.36. The molecule has 0 aromatic heterocycles. The van der Waals surface area contributed by atoms with Gasteiger partial charge in [-0.3, -0.25) is 9.59 Å². The Labute approximate surface area is 129 Å². The van der Waals surface area contributed by atoms with Gasteiger partial charge in [-0.15, -0.1) is 0 Å². The Balaban J connectivity index is 1.85. The Morgan fingerprint density at radius 2 is 2.14 bits per heavy atom. The van der Waals surface area contributed by atoms with Crippen LogP contribution in [0.25, 0.3) is 0 Å². The van der Waals surface area contributed by atoms with Crippen LogP contribution in [0.1, 0.15) is 25.7 Å². The van der Waals surface area contributed by atoms with E-state index in [2.05, 4.69) is 5.32 Å². The fraction of sp³-hybridized carbons (Fsp3) is 0.786. The van der Waals surface area contributed by atoms with Crippen LogP contribution >= 0.6 is 12.2 Å². The minimum atomic E-state index is -0.791. The molecular weight excluding hydrogens is 290 g/mol. The maximum Gasteiger partial charge on any atom is 0.236 e. The van der Waals surface area contributed by atoms with Gasteiger partial charge < -0.3 is 20.7 Å². The third-order valence-electron chi connectivity index (χ3n) is 5.09. The van der Waals surface area contributed by atoms with Gasteiger partial charge in [0.2, 0.25) is 11.8 Å². The van der Waals surface area contributed by atoms with E-state index in [4.69, 9.17) is 22.7 Å². The number of carbonyl (C=O) groups is 2. The van der Waals surface area contributed by atoms with Gasteiger partial charge in [0, 0.05) is 26.3 Å². The first kappa shape index (κ1) is 14.7. The maximum atomic E-state index is 13.1. The van der Waals surface area contributed by atoms with Crippen molar-refractivity contribution in [3.63, 3.8) is 0 Å². The average Bonchev–Trinajstić information content (AvgIpc) is 2.89. The van der Waals surface area contributed by atoms with E-state index < -0.39 is 5.41 Å². The van der Waals surface area contributed by atoms with Crippen LogP contribution in [0.2, 0.25) is 0 Å². The number of ether oxygens (including phenoxy) is 1. The zero-order chi connectivity index (χ0) is 15.0. The van der Waals surface area contributed by atoms with Crippen molar-refractivity contribution in [1.29, 1.82) is 0 Å². The van der Waals surface area contributed by atoms with E-state index in [-0.39, 0.29) is 28.8 Å². The van der Waals surface area contributed by atoms with Crippen LogP contribution in [0.3, 0.4) is 0 Å². The van der Waals surface area contributed by atoms with Crippen molar-refractivity contribution in [3.8, 4) is 0 Å². The highest BCUT2D eigenvalue weighted by Crippen LogP contribution is 2.37. The molecule has 0 bridgehead atoms. The molecule has 3 heterocycles. The molecule has 2 unspecified atom stereocenters. The predicted molar refractivity (Wildman–Crippen MR) is 80.5 cm³/mol. The van der Waals surface area contributed by atoms with Crippen LogP contribution in [-0.4, -0.2) is 54.0 Å². The molecule has 0 aromatic carbocycles.